The minimum absolute atomic E-state index is 0.00458. The third-order valence-corrected chi connectivity index (χ3v) is 5.48. The lowest BCUT2D eigenvalue weighted by atomic mass is 9.96. The monoisotopic (exact) mass is 333 g/mol. The zero-order valence-corrected chi connectivity index (χ0v) is 15.1. The minimum atomic E-state index is -0.00458. The van der Waals surface area contributed by atoms with Gasteiger partial charge in [0.25, 0.3) is 0 Å². The number of amides is 2. The molecular weight excluding hydrogens is 302 g/mol. The van der Waals surface area contributed by atoms with E-state index in [4.69, 9.17) is 0 Å². The van der Waals surface area contributed by atoms with E-state index < -0.39 is 0 Å². The van der Waals surface area contributed by atoms with Gasteiger partial charge in [-0.25, -0.2) is 14.5 Å². The van der Waals surface area contributed by atoms with Crippen LogP contribution in [0, 0.1) is 0 Å². The fraction of sp³-hybridized carbons (Fsp3) is 0.833. The highest BCUT2D eigenvalue weighted by molar-refractivity contribution is 5.74. The maximum Gasteiger partial charge on any atom is 0.317 e. The molecule has 2 heterocycles. The molecule has 0 unspecified atom stereocenters. The Morgan fingerprint density at radius 3 is 2.58 bits per heavy atom. The summed E-state index contributed by atoms with van der Waals surface area (Å²) >= 11 is 0. The molecule has 1 aromatic rings. The second kappa shape index (κ2) is 7.99. The van der Waals surface area contributed by atoms with Crippen LogP contribution in [0.3, 0.4) is 0 Å². The van der Waals surface area contributed by atoms with Crippen molar-refractivity contribution < 1.29 is 4.79 Å². The van der Waals surface area contributed by atoms with Crippen molar-refractivity contribution in [1.82, 2.24) is 25.0 Å². The normalized spacial score (nSPS) is 22.3. The Hall–Kier alpha value is -1.59. The van der Waals surface area contributed by atoms with Gasteiger partial charge in [0.05, 0.1) is 6.04 Å². The molecule has 1 aliphatic heterocycles. The molecule has 2 aliphatic rings. The summed E-state index contributed by atoms with van der Waals surface area (Å²) in [6, 6.07) is 0.410. The average molecular weight is 333 g/mol. The van der Waals surface area contributed by atoms with Gasteiger partial charge >= 0.3 is 6.03 Å². The molecule has 6 nitrogen and oxygen atoms in total. The van der Waals surface area contributed by atoms with Crippen molar-refractivity contribution in [3.05, 3.63) is 11.6 Å². The summed E-state index contributed by atoms with van der Waals surface area (Å²) in [5, 5.41) is 7.73. The molecule has 1 aliphatic carbocycles. The van der Waals surface area contributed by atoms with Gasteiger partial charge in [0.15, 0.2) is 5.82 Å². The maximum atomic E-state index is 12.8. The van der Waals surface area contributed by atoms with E-state index in [0.717, 1.165) is 50.3 Å². The van der Waals surface area contributed by atoms with Crippen molar-refractivity contribution in [2.45, 2.75) is 89.8 Å². The first-order valence-electron chi connectivity index (χ1n) is 9.66. The Morgan fingerprint density at radius 2 is 1.88 bits per heavy atom. The van der Waals surface area contributed by atoms with E-state index in [-0.39, 0.29) is 12.1 Å². The summed E-state index contributed by atoms with van der Waals surface area (Å²) in [5.74, 6) is 1.80. The molecule has 6 heteroatoms. The first kappa shape index (κ1) is 17.2. The quantitative estimate of drug-likeness (QED) is 0.922. The molecule has 134 valence electrons. The molecule has 0 bridgehead atoms. The van der Waals surface area contributed by atoms with Crippen LogP contribution in [0.5, 0.6) is 0 Å². The number of aromatic nitrogens is 3. The Morgan fingerprint density at radius 1 is 1.17 bits per heavy atom. The number of urea groups is 1. The van der Waals surface area contributed by atoms with Gasteiger partial charge in [-0.1, -0.05) is 39.0 Å². The van der Waals surface area contributed by atoms with E-state index in [2.05, 4.69) is 22.3 Å². The molecule has 1 N–H and O–H groups in total. The first-order chi connectivity index (χ1) is 11.7. The van der Waals surface area contributed by atoms with Gasteiger partial charge in [0.1, 0.15) is 5.82 Å². The lowest BCUT2D eigenvalue weighted by molar-refractivity contribution is 0.171. The third kappa shape index (κ3) is 3.90. The zero-order chi connectivity index (χ0) is 16.9. The highest BCUT2D eigenvalue weighted by Gasteiger charge is 2.28. The number of aryl methyl sites for hydroxylation is 2. The fourth-order valence-electron chi connectivity index (χ4n) is 3.92. The number of hydrogen-bond acceptors (Lipinski definition) is 3. The second-order valence-electron chi connectivity index (χ2n) is 7.22. The van der Waals surface area contributed by atoms with Gasteiger partial charge in [0.2, 0.25) is 0 Å². The predicted octanol–water partition coefficient (Wildman–Crippen LogP) is 3.43. The van der Waals surface area contributed by atoms with E-state index in [9.17, 15) is 4.79 Å². The zero-order valence-electron chi connectivity index (χ0n) is 15.1. The van der Waals surface area contributed by atoms with Crippen LogP contribution in [0.25, 0.3) is 0 Å². The summed E-state index contributed by atoms with van der Waals surface area (Å²) < 4.78 is 1.98. The van der Waals surface area contributed by atoms with Gasteiger partial charge in [-0.15, -0.1) is 0 Å². The second-order valence-corrected chi connectivity index (χ2v) is 7.22. The van der Waals surface area contributed by atoms with Gasteiger partial charge in [-0.3, -0.25) is 0 Å². The van der Waals surface area contributed by atoms with Crippen LogP contribution in [-0.2, 0) is 13.0 Å². The van der Waals surface area contributed by atoms with Crippen LogP contribution in [0.2, 0.25) is 0 Å². The molecule has 0 spiro atoms. The number of fused-ring (bicyclic) bond motifs is 1. The van der Waals surface area contributed by atoms with Crippen molar-refractivity contribution in [2.75, 3.05) is 7.05 Å². The van der Waals surface area contributed by atoms with Crippen LogP contribution in [0.4, 0.5) is 4.79 Å². The van der Waals surface area contributed by atoms with E-state index in [0.29, 0.717) is 6.04 Å². The van der Waals surface area contributed by atoms with Crippen molar-refractivity contribution >= 4 is 6.03 Å². The SMILES string of the molecule is CCc1nc2n(n1)CCC[C@H]2NC(=O)N(C)C1CCCCCCC1. The number of rotatable bonds is 3. The summed E-state index contributed by atoms with van der Waals surface area (Å²) in [7, 11) is 1.95. The largest absolute Gasteiger partial charge is 0.328 e. The molecule has 1 saturated carbocycles. The molecule has 3 rings (SSSR count). The number of hydrogen-bond donors (Lipinski definition) is 1. The van der Waals surface area contributed by atoms with Crippen molar-refractivity contribution in [2.24, 2.45) is 0 Å². The average Bonchev–Trinajstić information content (AvgIpc) is 2.98. The summed E-state index contributed by atoms with van der Waals surface area (Å²) in [4.78, 5) is 19.3. The Bertz CT molecular complexity index is 548. The minimum Gasteiger partial charge on any atom is -0.328 e. The van der Waals surface area contributed by atoms with Crippen LogP contribution in [0.15, 0.2) is 0 Å². The van der Waals surface area contributed by atoms with Crippen molar-refractivity contribution in [1.29, 1.82) is 0 Å². The molecule has 0 radical (unpaired) electrons. The third-order valence-electron chi connectivity index (χ3n) is 5.48. The molecule has 24 heavy (non-hydrogen) atoms. The Labute approximate surface area is 145 Å². The molecule has 1 atom stereocenters. The first-order valence-corrected chi connectivity index (χ1v) is 9.66. The Kier molecular flexibility index (Phi) is 5.74. The summed E-state index contributed by atoms with van der Waals surface area (Å²) in [6.07, 6.45) is 11.5. The smallest absolute Gasteiger partial charge is 0.317 e. The van der Waals surface area contributed by atoms with E-state index in [1.807, 2.05) is 16.6 Å². The molecular formula is C18H31N5O. The van der Waals surface area contributed by atoms with Crippen LogP contribution >= 0.6 is 0 Å². The van der Waals surface area contributed by atoms with Gasteiger partial charge in [0, 0.05) is 26.1 Å². The highest BCUT2D eigenvalue weighted by Crippen LogP contribution is 2.25. The van der Waals surface area contributed by atoms with Crippen LogP contribution < -0.4 is 5.32 Å². The fourth-order valence-corrected chi connectivity index (χ4v) is 3.92. The molecule has 0 saturated heterocycles. The lowest BCUT2D eigenvalue weighted by Gasteiger charge is -2.32. The summed E-state index contributed by atoms with van der Waals surface area (Å²) in [6.45, 7) is 2.98. The van der Waals surface area contributed by atoms with Crippen molar-refractivity contribution in [3.8, 4) is 0 Å². The van der Waals surface area contributed by atoms with E-state index in [1.54, 1.807) is 0 Å². The standard InChI is InChI=1S/C18H31N5O/c1-3-16-20-17-15(12-9-13-23(17)21-16)19-18(24)22(2)14-10-7-5-4-6-8-11-14/h14-15H,3-13H2,1-2H3,(H,19,24)/t15-/m1/s1. The van der Waals surface area contributed by atoms with Gasteiger partial charge < -0.3 is 10.2 Å². The number of nitrogens with zero attached hydrogens (tertiary/aromatic N) is 4. The van der Waals surface area contributed by atoms with E-state index in [1.165, 1.54) is 32.1 Å². The lowest BCUT2D eigenvalue weighted by Crippen LogP contribution is -2.46. The number of nitrogens with one attached hydrogen (secondary N) is 1. The molecule has 1 aromatic heterocycles. The summed E-state index contributed by atoms with van der Waals surface area (Å²) in [5.41, 5.74) is 0. The molecule has 2 amide bonds. The Balaban J connectivity index is 1.63. The number of carbonyl (C=O) groups is 1. The maximum absolute atomic E-state index is 12.8. The topological polar surface area (TPSA) is 63.1 Å². The van der Waals surface area contributed by atoms with Gasteiger partial charge in [-0.2, -0.15) is 5.10 Å². The van der Waals surface area contributed by atoms with E-state index >= 15 is 0 Å². The molecule has 0 aromatic carbocycles. The highest BCUT2D eigenvalue weighted by atomic mass is 16.2. The molecule has 1 fully saturated rings. The van der Waals surface area contributed by atoms with Gasteiger partial charge in [-0.05, 0) is 25.7 Å². The van der Waals surface area contributed by atoms with Crippen LogP contribution in [0.1, 0.15) is 82.4 Å². The van der Waals surface area contributed by atoms with Crippen molar-refractivity contribution in [3.63, 3.8) is 0 Å². The number of carbonyl (C=O) groups excluding carboxylic acids is 1. The van der Waals surface area contributed by atoms with Crippen LogP contribution in [-0.4, -0.2) is 38.8 Å². The predicted molar refractivity (Wildman–Crippen MR) is 93.8 cm³/mol.